The molecule has 2 aromatic carbocycles. The summed E-state index contributed by atoms with van der Waals surface area (Å²) in [4.78, 5) is 129. The van der Waals surface area contributed by atoms with Crippen molar-refractivity contribution in [2.45, 2.75) is 120 Å². The molecule has 68 heavy (non-hydrogen) atoms. The maximum atomic E-state index is 14.5. The van der Waals surface area contributed by atoms with E-state index < -0.39 is 146 Å². The molecule has 23 heteroatoms. The molecule has 9 amide bonds. The Labute approximate surface area is 390 Å². The minimum absolute atomic E-state index is 0.0300. The Kier molecular flexibility index (Phi) is 16.8. The third-order valence-electron chi connectivity index (χ3n) is 11.8. The van der Waals surface area contributed by atoms with Crippen LogP contribution in [0.2, 0.25) is 0 Å². The third kappa shape index (κ3) is 12.9. The van der Waals surface area contributed by atoms with Gasteiger partial charge in [0.2, 0.25) is 53.2 Å². The lowest BCUT2D eigenvalue weighted by Crippen LogP contribution is -2.68. The molecular formula is C45H58N10O13. The number of amides is 9. The number of hydrogen-bond donors (Lipinski definition) is 13. The Morgan fingerprint density at radius 3 is 2.00 bits per heavy atom. The van der Waals surface area contributed by atoms with Gasteiger partial charge in [-0.3, -0.25) is 43.2 Å². The molecule has 0 aliphatic carbocycles. The Morgan fingerprint density at radius 1 is 0.706 bits per heavy atom. The number of hydrogen-bond acceptors (Lipinski definition) is 13. The van der Waals surface area contributed by atoms with Crippen molar-refractivity contribution in [3.05, 3.63) is 71.9 Å². The van der Waals surface area contributed by atoms with E-state index in [1.54, 1.807) is 74.6 Å². The quantitative estimate of drug-likeness (QED) is 0.0871. The van der Waals surface area contributed by atoms with Gasteiger partial charge in [0.1, 0.15) is 60.6 Å². The van der Waals surface area contributed by atoms with E-state index in [-0.39, 0.29) is 25.2 Å². The zero-order valence-electron chi connectivity index (χ0n) is 37.6. The van der Waals surface area contributed by atoms with Crippen LogP contribution in [0.4, 0.5) is 0 Å². The van der Waals surface area contributed by atoms with Crippen molar-refractivity contribution in [1.82, 2.24) is 52.8 Å². The summed E-state index contributed by atoms with van der Waals surface area (Å²) in [5.41, 5.74) is 1.94. The first kappa shape index (κ1) is 50.5. The van der Waals surface area contributed by atoms with Crippen LogP contribution in [-0.4, -0.2) is 153 Å². The highest BCUT2D eigenvalue weighted by molar-refractivity contribution is 6.01. The van der Waals surface area contributed by atoms with Gasteiger partial charge in [-0.1, -0.05) is 62.4 Å². The smallest absolute Gasteiger partial charge is 0.245 e. The molecule has 3 aliphatic heterocycles. The summed E-state index contributed by atoms with van der Waals surface area (Å²) in [6, 6.07) is 5.03. The Hall–Kier alpha value is -6.95. The van der Waals surface area contributed by atoms with E-state index in [4.69, 9.17) is 4.74 Å². The lowest BCUT2D eigenvalue weighted by molar-refractivity contribution is -0.203. The van der Waals surface area contributed by atoms with E-state index in [0.29, 0.717) is 16.5 Å². The first-order valence-corrected chi connectivity index (χ1v) is 22.3. The highest BCUT2D eigenvalue weighted by atomic mass is 16.5. The number of carbonyl (C=O) groups excluding carboxylic acids is 9. The number of nitrogens with one attached hydrogen (secondary N) is 10. The molecule has 0 radical (unpaired) electrons. The molecule has 3 aromatic rings. The van der Waals surface area contributed by atoms with Crippen LogP contribution < -0.4 is 47.9 Å². The summed E-state index contributed by atoms with van der Waals surface area (Å²) in [5, 5.41) is 54.6. The summed E-state index contributed by atoms with van der Waals surface area (Å²) < 4.78 is 5.60. The molecule has 4 heterocycles. The monoisotopic (exact) mass is 946 g/mol. The summed E-state index contributed by atoms with van der Waals surface area (Å²) in [5.74, 6) is -8.61. The number of para-hydroxylation sites is 1. The average Bonchev–Trinajstić information content (AvgIpc) is 3.70. The maximum absolute atomic E-state index is 14.5. The molecule has 11 atom stereocenters. The predicted octanol–water partition coefficient (Wildman–Crippen LogP) is -4.11. The molecule has 3 aliphatic rings. The Morgan fingerprint density at radius 2 is 1.29 bits per heavy atom. The minimum atomic E-state index is -1.86. The molecule has 2 bridgehead atoms. The first-order chi connectivity index (χ1) is 32.4. The highest BCUT2D eigenvalue weighted by Gasteiger charge is 2.46. The molecule has 1 unspecified atom stereocenters. The molecule has 3 fully saturated rings. The number of aromatic amines is 1. The van der Waals surface area contributed by atoms with E-state index in [1.807, 2.05) is 0 Å². The van der Waals surface area contributed by atoms with Gasteiger partial charge in [0, 0.05) is 43.4 Å². The molecule has 366 valence electrons. The van der Waals surface area contributed by atoms with Crippen LogP contribution in [0.5, 0.6) is 0 Å². The number of aliphatic hydroxyl groups is 3. The number of aliphatic hydroxyl groups excluding tert-OH is 3. The standard InChI is InChI=1S/C45H58N10O13/c1-21(2)13-27-39(62)53-31(17-35(59)55-45-36(48-22(3)57)38(61)37(60)33(20-56)68-45)43(66)52-30-16-34(58)47-19-32(44(67)49-27)54-40(63)28(14-23-9-5-4-6-10-23)50-41(64)29(51-42(30)65)15-24-18-46-26-12-8-7-11-25(24)26/h4-12,18,21,27-33,36-38,45-46,56,60-61H,13-17,19-20H2,1-3H3,(H,47,58)(H,48,57)(H,49,67)(H,50,64)(H,51,65)(H,52,66)(H,53,62)(H,54,63)(H,55,59)/t27-,28-,29?,30-,31-,32-,33+,36+,37+,38+,45+/m0/s1. The van der Waals surface area contributed by atoms with E-state index in [2.05, 4.69) is 52.8 Å². The first-order valence-electron chi connectivity index (χ1n) is 22.3. The van der Waals surface area contributed by atoms with Gasteiger partial charge in [-0.15, -0.1) is 0 Å². The summed E-state index contributed by atoms with van der Waals surface area (Å²) in [6.07, 6.45) is -6.75. The lowest BCUT2D eigenvalue weighted by Gasteiger charge is -2.42. The summed E-state index contributed by atoms with van der Waals surface area (Å²) in [6.45, 7) is 3.24. The van der Waals surface area contributed by atoms with Gasteiger partial charge >= 0.3 is 0 Å². The van der Waals surface area contributed by atoms with Crippen molar-refractivity contribution in [1.29, 1.82) is 0 Å². The van der Waals surface area contributed by atoms with E-state index in [9.17, 15) is 58.5 Å². The number of rotatable bonds is 11. The second-order valence-electron chi connectivity index (χ2n) is 17.5. The molecule has 6 rings (SSSR count). The van der Waals surface area contributed by atoms with Gasteiger partial charge < -0.3 is 72.9 Å². The van der Waals surface area contributed by atoms with Crippen LogP contribution >= 0.6 is 0 Å². The highest BCUT2D eigenvalue weighted by Crippen LogP contribution is 2.22. The van der Waals surface area contributed by atoms with Gasteiger partial charge in [0.25, 0.3) is 0 Å². The number of carbonyl (C=O) groups is 9. The van der Waals surface area contributed by atoms with Gasteiger partial charge in [-0.25, -0.2) is 0 Å². The van der Waals surface area contributed by atoms with Gasteiger partial charge in [0.05, 0.1) is 19.4 Å². The van der Waals surface area contributed by atoms with Gasteiger partial charge in [0.15, 0.2) is 6.23 Å². The van der Waals surface area contributed by atoms with E-state index in [1.165, 1.54) is 0 Å². The zero-order valence-corrected chi connectivity index (χ0v) is 37.6. The number of ether oxygens (including phenoxy) is 1. The van der Waals surface area contributed by atoms with Crippen molar-refractivity contribution >= 4 is 64.1 Å². The normalized spacial score (nSPS) is 28.8. The number of aromatic nitrogens is 1. The Bertz CT molecular complexity index is 2360. The van der Waals surface area contributed by atoms with Crippen LogP contribution in [0.25, 0.3) is 10.9 Å². The fourth-order valence-electron chi connectivity index (χ4n) is 8.27. The van der Waals surface area contributed by atoms with Crippen molar-refractivity contribution in [3.8, 4) is 0 Å². The summed E-state index contributed by atoms with van der Waals surface area (Å²) in [7, 11) is 0. The fraction of sp³-hybridized carbons (Fsp3) is 0.489. The second-order valence-corrected chi connectivity index (χ2v) is 17.5. The fourth-order valence-corrected chi connectivity index (χ4v) is 8.27. The average molecular weight is 947 g/mol. The third-order valence-corrected chi connectivity index (χ3v) is 11.8. The zero-order chi connectivity index (χ0) is 49.2. The number of H-pyrrole nitrogens is 1. The number of benzene rings is 2. The molecule has 1 aromatic heterocycles. The molecule has 23 nitrogen and oxygen atoms in total. The van der Waals surface area contributed by atoms with Crippen LogP contribution in [0, 0.1) is 5.92 Å². The summed E-state index contributed by atoms with van der Waals surface area (Å²) >= 11 is 0. The Balaban J connectivity index is 1.38. The van der Waals surface area contributed by atoms with Crippen LogP contribution in [0.3, 0.4) is 0 Å². The van der Waals surface area contributed by atoms with Crippen molar-refractivity contribution < 1.29 is 63.2 Å². The molecule has 3 saturated heterocycles. The molecule has 0 saturated carbocycles. The van der Waals surface area contributed by atoms with Gasteiger partial charge in [-0.2, -0.15) is 0 Å². The van der Waals surface area contributed by atoms with E-state index in [0.717, 1.165) is 12.4 Å². The van der Waals surface area contributed by atoms with E-state index >= 15 is 0 Å². The minimum Gasteiger partial charge on any atom is -0.394 e. The van der Waals surface area contributed by atoms with Crippen molar-refractivity contribution in [2.75, 3.05) is 13.2 Å². The van der Waals surface area contributed by atoms with Crippen LogP contribution in [-0.2, 0) is 60.7 Å². The lowest BCUT2D eigenvalue weighted by atomic mass is 9.95. The maximum Gasteiger partial charge on any atom is 0.245 e. The van der Waals surface area contributed by atoms with Crippen molar-refractivity contribution in [3.63, 3.8) is 0 Å². The topological polar surface area (TPSA) is 348 Å². The van der Waals surface area contributed by atoms with Crippen LogP contribution in [0.1, 0.15) is 51.2 Å². The number of fused-ring (bicyclic) bond motifs is 6. The largest absolute Gasteiger partial charge is 0.394 e. The molecule has 13 N–H and O–H groups in total. The van der Waals surface area contributed by atoms with Gasteiger partial charge in [-0.05, 0) is 29.5 Å². The van der Waals surface area contributed by atoms with Crippen LogP contribution in [0.15, 0.2) is 60.8 Å². The predicted molar refractivity (Wildman–Crippen MR) is 239 cm³/mol. The SMILES string of the molecule is CC(=O)N[C@@H]1[C@@H](O)[C@H](O)[C@@H](CO)O[C@H]1NC(=O)C[C@@H]1NC(=O)[C@H](CC(C)C)NC(=O)[C@@H]2CNC(=O)C[C@H](NC1=O)C(=O)NC(Cc1c[nH]c3ccccc13)C(=O)N[C@@H](Cc1ccccc1)C(=O)N2. The second kappa shape index (κ2) is 22.7. The van der Waals surface area contributed by atoms with Crippen molar-refractivity contribution in [2.24, 2.45) is 5.92 Å². The molecular weight excluding hydrogens is 889 g/mol. The molecule has 0 spiro atoms.